The number of carbonyl (C=O) groups is 1. The first-order valence-corrected chi connectivity index (χ1v) is 8.07. The Hall–Kier alpha value is -0.680. The molecule has 3 nitrogen and oxygen atoms in total. The third-order valence-electron chi connectivity index (χ3n) is 3.31. The molecular weight excluding hydrogens is 312 g/mol. The Morgan fingerprint density at radius 3 is 2.67 bits per heavy atom. The normalized spacial score (nSPS) is 16.9. The highest BCUT2D eigenvalue weighted by atomic mass is 79.9. The molecule has 1 aromatic carbocycles. The summed E-state index contributed by atoms with van der Waals surface area (Å²) in [6.45, 7) is 1.70. The predicted octanol–water partition coefficient (Wildman–Crippen LogP) is 3.00. The number of halogens is 1. The quantitative estimate of drug-likeness (QED) is 0.849. The van der Waals surface area contributed by atoms with Gasteiger partial charge in [-0.3, -0.25) is 4.79 Å². The number of hydrogen-bond donors (Lipinski definition) is 1. The molecule has 0 aliphatic carbocycles. The van der Waals surface area contributed by atoms with Gasteiger partial charge in [-0.1, -0.05) is 0 Å². The molecule has 1 aliphatic rings. The number of nitrogens with zero attached hydrogens (tertiary/aromatic N) is 1. The molecule has 98 valence electrons. The van der Waals surface area contributed by atoms with Gasteiger partial charge in [-0.2, -0.15) is 11.8 Å². The van der Waals surface area contributed by atoms with Crippen molar-refractivity contribution < 1.29 is 4.79 Å². The van der Waals surface area contributed by atoms with Crippen LogP contribution in [0.2, 0.25) is 0 Å². The lowest BCUT2D eigenvalue weighted by Crippen LogP contribution is -2.39. The Balaban J connectivity index is 2.05. The van der Waals surface area contributed by atoms with Crippen molar-refractivity contribution in [2.24, 2.45) is 0 Å². The molecule has 0 radical (unpaired) electrons. The second-order valence-electron chi connectivity index (χ2n) is 4.46. The Bertz CT molecular complexity index is 445. The molecule has 1 aromatic rings. The fourth-order valence-corrected chi connectivity index (χ4v) is 3.08. The smallest absolute Gasteiger partial charge is 0.253 e. The molecule has 1 fully saturated rings. The van der Waals surface area contributed by atoms with Crippen LogP contribution >= 0.6 is 27.7 Å². The van der Waals surface area contributed by atoms with E-state index in [1.54, 1.807) is 6.07 Å². The van der Waals surface area contributed by atoms with E-state index in [2.05, 4.69) is 22.2 Å². The molecular formula is C13H17BrN2OS. The van der Waals surface area contributed by atoms with Crippen LogP contribution in [0.4, 0.5) is 5.69 Å². The minimum absolute atomic E-state index is 0.0914. The van der Waals surface area contributed by atoms with Crippen LogP contribution in [-0.2, 0) is 0 Å². The number of anilines is 1. The number of nitrogen functional groups attached to an aromatic ring is 1. The number of carbonyl (C=O) groups excluding carboxylic acids is 1. The van der Waals surface area contributed by atoms with Crippen molar-refractivity contribution in [3.63, 3.8) is 0 Å². The predicted molar refractivity (Wildman–Crippen MR) is 81.0 cm³/mol. The second-order valence-corrected chi connectivity index (χ2v) is 6.46. The zero-order chi connectivity index (χ0) is 13.1. The zero-order valence-corrected chi connectivity index (χ0v) is 12.8. The third kappa shape index (κ3) is 3.01. The molecule has 0 bridgehead atoms. The van der Waals surface area contributed by atoms with Crippen molar-refractivity contribution in [3.05, 3.63) is 28.2 Å². The van der Waals surface area contributed by atoms with Gasteiger partial charge in [0.25, 0.3) is 5.91 Å². The van der Waals surface area contributed by atoms with Gasteiger partial charge in [0.1, 0.15) is 0 Å². The number of nitrogens with two attached hydrogens (primary N) is 1. The summed E-state index contributed by atoms with van der Waals surface area (Å²) < 4.78 is 0.833. The number of amides is 1. The maximum Gasteiger partial charge on any atom is 0.253 e. The lowest BCUT2D eigenvalue weighted by molar-refractivity contribution is 0.0727. The molecule has 0 spiro atoms. The molecule has 5 heteroatoms. The first-order chi connectivity index (χ1) is 8.61. The maximum atomic E-state index is 12.3. The fourth-order valence-electron chi connectivity index (χ4n) is 2.15. The molecule has 0 unspecified atom stereocenters. The van der Waals surface area contributed by atoms with Crippen molar-refractivity contribution in [2.75, 3.05) is 25.1 Å². The van der Waals surface area contributed by atoms with Crippen molar-refractivity contribution in [2.45, 2.75) is 18.1 Å². The van der Waals surface area contributed by atoms with E-state index < -0.39 is 0 Å². The van der Waals surface area contributed by atoms with Gasteiger partial charge >= 0.3 is 0 Å². The third-order valence-corrected chi connectivity index (χ3v) is 5.17. The first kappa shape index (κ1) is 13.7. The van der Waals surface area contributed by atoms with E-state index in [-0.39, 0.29) is 5.91 Å². The molecule has 1 saturated heterocycles. The van der Waals surface area contributed by atoms with E-state index in [0.717, 1.165) is 30.4 Å². The molecule has 18 heavy (non-hydrogen) atoms. The van der Waals surface area contributed by atoms with E-state index in [1.165, 1.54) is 0 Å². The van der Waals surface area contributed by atoms with E-state index in [1.807, 2.05) is 28.8 Å². The van der Waals surface area contributed by atoms with Gasteiger partial charge in [0.15, 0.2) is 0 Å². The Morgan fingerprint density at radius 1 is 1.44 bits per heavy atom. The first-order valence-electron chi connectivity index (χ1n) is 5.99. The summed E-state index contributed by atoms with van der Waals surface area (Å²) in [4.78, 5) is 14.2. The standard InChI is InChI=1S/C13H17BrN2OS/c1-18-10-4-6-16(7-5-10)13(17)9-2-3-11(14)12(15)8-9/h2-3,8,10H,4-7,15H2,1H3. The highest BCUT2D eigenvalue weighted by Gasteiger charge is 2.23. The average molecular weight is 329 g/mol. The van der Waals surface area contributed by atoms with Crippen LogP contribution in [0.3, 0.4) is 0 Å². The summed E-state index contributed by atoms with van der Waals surface area (Å²) in [5.74, 6) is 0.0914. The average Bonchev–Trinajstić information content (AvgIpc) is 2.41. The summed E-state index contributed by atoms with van der Waals surface area (Å²) in [6.07, 6.45) is 4.30. The number of hydrogen-bond acceptors (Lipinski definition) is 3. The molecule has 1 amide bonds. The highest BCUT2D eigenvalue weighted by molar-refractivity contribution is 9.10. The van der Waals surface area contributed by atoms with Crippen LogP contribution in [0.15, 0.2) is 22.7 Å². The van der Waals surface area contributed by atoms with Crippen LogP contribution < -0.4 is 5.73 Å². The topological polar surface area (TPSA) is 46.3 Å². The molecule has 1 aliphatic heterocycles. The van der Waals surface area contributed by atoms with E-state index in [0.29, 0.717) is 16.5 Å². The monoisotopic (exact) mass is 328 g/mol. The summed E-state index contributed by atoms with van der Waals surface area (Å²) in [5, 5.41) is 0.698. The van der Waals surface area contributed by atoms with Gasteiger partial charge < -0.3 is 10.6 Å². The molecule has 2 N–H and O–H groups in total. The van der Waals surface area contributed by atoms with Gasteiger partial charge in [0.05, 0.1) is 0 Å². The summed E-state index contributed by atoms with van der Waals surface area (Å²) >= 11 is 5.23. The van der Waals surface area contributed by atoms with E-state index in [4.69, 9.17) is 5.73 Å². The Kier molecular flexibility index (Phi) is 4.56. The van der Waals surface area contributed by atoms with Gasteiger partial charge in [-0.25, -0.2) is 0 Å². The Morgan fingerprint density at radius 2 is 2.11 bits per heavy atom. The van der Waals surface area contributed by atoms with E-state index >= 15 is 0 Å². The van der Waals surface area contributed by atoms with Gasteiger partial charge in [-0.05, 0) is 53.2 Å². The lowest BCUT2D eigenvalue weighted by atomic mass is 10.1. The van der Waals surface area contributed by atoms with Crippen molar-refractivity contribution in [1.29, 1.82) is 0 Å². The largest absolute Gasteiger partial charge is 0.398 e. The number of thioether (sulfide) groups is 1. The van der Waals surface area contributed by atoms with Crippen LogP contribution in [0, 0.1) is 0 Å². The van der Waals surface area contributed by atoms with Crippen molar-refractivity contribution in [1.82, 2.24) is 4.90 Å². The van der Waals surface area contributed by atoms with Gasteiger partial charge in [0.2, 0.25) is 0 Å². The fraction of sp³-hybridized carbons (Fsp3) is 0.462. The lowest BCUT2D eigenvalue weighted by Gasteiger charge is -2.31. The van der Waals surface area contributed by atoms with Gasteiger partial charge in [0, 0.05) is 34.1 Å². The minimum Gasteiger partial charge on any atom is -0.398 e. The summed E-state index contributed by atoms with van der Waals surface area (Å²) in [7, 11) is 0. The van der Waals surface area contributed by atoms with Crippen molar-refractivity contribution in [3.8, 4) is 0 Å². The number of rotatable bonds is 2. The summed E-state index contributed by atoms with van der Waals surface area (Å²) in [5.41, 5.74) is 7.10. The number of likely N-dealkylation sites (tertiary alicyclic amines) is 1. The van der Waals surface area contributed by atoms with Crippen LogP contribution in [-0.4, -0.2) is 35.4 Å². The minimum atomic E-state index is 0.0914. The summed E-state index contributed by atoms with van der Waals surface area (Å²) in [6, 6.07) is 5.40. The number of benzene rings is 1. The molecule has 0 saturated carbocycles. The number of piperidine rings is 1. The molecule has 2 rings (SSSR count). The SMILES string of the molecule is CSC1CCN(C(=O)c2ccc(Br)c(N)c2)CC1. The van der Waals surface area contributed by atoms with Crippen molar-refractivity contribution >= 4 is 39.3 Å². The molecule has 0 aromatic heterocycles. The second kappa shape index (κ2) is 5.97. The van der Waals surface area contributed by atoms with Crippen LogP contribution in [0.5, 0.6) is 0 Å². The maximum absolute atomic E-state index is 12.3. The van der Waals surface area contributed by atoms with Crippen LogP contribution in [0.1, 0.15) is 23.2 Å². The Labute approximate surface area is 120 Å². The zero-order valence-electron chi connectivity index (χ0n) is 10.4. The van der Waals surface area contributed by atoms with E-state index in [9.17, 15) is 4.79 Å². The van der Waals surface area contributed by atoms with Crippen LogP contribution in [0.25, 0.3) is 0 Å². The highest BCUT2D eigenvalue weighted by Crippen LogP contribution is 2.24. The molecule has 1 heterocycles. The molecule has 0 atom stereocenters. The van der Waals surface area contributed by atoms with Gasteiger partial charge in [-0.15, -0.1) is 0 Å².